The third-order valence-corrected chi connectivity index (χ3v) is 5.23. The number of rotatable bonds is 7. The molecule has 0 radical (unpaired) electrons. The number of hydrogen-bond acceptors (Lipinski definition) is 2. The quantitative estimate of drug-likeness (QED) is 0.417. The SMILES string of the molecule is CC(Cl)CC1CCC(C)C(C(C[N+](C)(C)C)OP(=O)(O)O)C1. The minimum atomic E-state index is -4.48. The van der Waals surface area contributed by atoms with Crippen molar-refractivity contribution in [2.24, 2.45) is 17.8 Å². The molecule has 7 heteroatoms. The van der Waals surface area contributed by atoms with Crippen molar-refractivity contribution >= 4 is 19.4 Å². The summed E-state index contributed by atoms with van der Waals surface area (Å²) in [5.74, 6) is 1.09. The summed E-state index contributed by atoms with van der Waals surface area (Å²) in [4.78, 5) is 18.5. The molecule has 132 valence electrons. The molecule has 0 amide bonds. The van der Waals surface area contributed by atoms with Crippen LogP contribution in [0.4, 0.5) is 0 Å². The van der Waals surface area contributed by atoms with E-state index in [1.165, 1.54) is 0 Å². The predicted molar refractivity (Wildman–Crippen MR) is 89.7 cm³/mol. The monoisotopic (exact) mass is 356 g/mol. The molecule has 0 aromatic heterocycles. The summed E-state index contributed by atoms with van der Waals surface area (Å²) in [7, 11) is 1.56. The summed E-state index contributed by atoms with van der Waals surface area (Å²) < 4.78 is 17.2. The van der Waals surface area contributed by atoms with Crippen LogP contribution in [0.1, 0.15) is 39.5 Å². The first kappa shape index (κ1) is 20.4. The smallest absolute Gasteiger partial charge is 0.329 e. The molecule has 1 saturated carbocycles. The largest absolute Gasteiger partial charge is 0.470 e. The van der Waals surface area contributed by atoms with Gasteiger partial charge in [0.2, 0.25) is 0 Å². The maximum absolute atomic E-state index is 11.4. The van der Waals surface area contributed by atoms with E-state index >= 15 is 0 Å². The van der Waals surface area contributed by atoms with Crippen molar-refractivity contribution in [2.45, 2.75) is 51.0 Å². The highest BCUT2D eigenvalue weighted by Crippen LogP contribution is 2.45. The van der Waals surface area contributed by atoms with Crippen molar-refractivity contribution in [2.75, 3.05) is 27.7 Å². The highest BCUT2D eigenvalue weighted by molar-refractivity contribution is 7.46. The van der Waals surface area contributed by atoms with E-state index in [0.29, 0.717) is 22.9 Å². The number of phosphoric acid groups is 1. The lowest BCUT2D eigenvalue weighted by atomic mass is 9.71. The van der Waals surface area contributed by atoms with Crippen LogP contribution < -0.4 is 0 Å². The highest BCUT2D eigenvalue weighted by atomic mass is 35.5. The topological polar surface area (TPSA) is 66.8 Å². The lowest BCUT2D eigenvalue weighted by Crippen LogP contribution is -2.47. The number of hydrogen-bond donors (Lipinski definition) is 2. The highest BCUT2D eigenvalue weighted by Gasteiger charge is 2.39. The van der Waals surface area contributed by atoms with Gasteiger partial charge in [-0.3, -0.25) is 4.52 Å². The summed E-state index contributed by atoms with van der Waals surface area (Å²) in [6.45, 7) is 4.75. The number of alkyl halides is 1. The number of phosphoric ester groups is 1. The minimum Gasteiger partial charge on any atom is -0.329 e. The van der Waals surface area contributed by atoms with Crippen LogP contribution in [0, 0.1) is 17.8 Å². The summed E-state index contributed by atoms with van der Waals surface area (Å²) >= 11 is 6.13. The molecule has 5 nitrogen and oxygen atoms in total. The Hall–Kier alpha value is 0.360. The molecule has 0 saturated heterocycles. The second-order valence-electron chi connectivity index (χ2n) is 7.94. The van der Waals surface area contributed by atoms with E-state index in [1.54, 1.807) is 0 Å². The second-order valence-corrected chi connectivity index (χ2v) is 9.88. The molecule has 1 fully saturated rings. The van der Waals surface area contributed by atoms with Crippen molar-refractivity contribution in [3.8, 4) is 0 Å². The molecule has 5 unspecified atom stereocenters. The van der Waals surface area contributed by atoms with Gasteiger partial charge in [-0.1, -0.05) is 19.8 Å². The lowest BCUT2D eigenvalue weighted by Gasteiger charge is -2.41. The van der Waals surface area contributed by atoms with Crippen LogP contribution in [0.5, 0.6) is 0 Å². The number of likely N-dealkylation sites (N-methyl/N-ethyl adjacent to an activating group) is 1. The Morgan fingerprint density at radius 3 is 2.36 bits per heavy atom. The van der Waals surface area contributed by atoms with Gasteiger partial charge in [0.15, 0.2) is 0 Å². The van der Waals surface area contributed by atoms with Gasteiger partial charge in [-0.25, -0.2) is 4.57 Å². The fourth-order valence-corrected chi connectivity index (χ4v) is 4.43. The normalized spacial score (nSPS) is 30.1. The molecule has 0 aromatic carbocycles. The molecule has 1 aliphatic rings. The van der Waals surface area contributed by atoms with Gasteiger partial charge >= 0.3 is 7.82 Å². The van der Waals surface area contributed by atoms with Crippen molar-refractivity contribution in [3.63, 3.8) is 0 Å². The van der Waals surface area contributed by atoms with Gasteiger partial charge in [0, 0.05) is 5.38 Å². The first-order chi connectivity index (χ1) is 9.87. The fourth-order valence-electron chi connectivity index (χ4n) is 3.60. The Morgan fingerprint density at radius 1 is 1.32 bits per heavy atom. The Labute approximate surface area is 139 Å². The van der Waals surface area contributed by atoms with E-state index in [0.717, 1.165) is 25.7 Å². The zero-order chi connectivity index (χ0) is 17.1. The summed E-state index contributed by atoms with van der Waals surface area (Å²) in [6, 6.07) is 0. The van der Waals surface area contributed by atoms with Crippen LogP contribution in [0.2, 0.25) is 0 Å². The Balaban J connectivity index is 2.86. The molecule has 0 spiro atoms. The minimum absolute atomic E-state index is 0.138. The van der Waals surface area contributed by atoms with Crippen LogP contribution in [-0.4, -0.2) is 53.4 Å². The number of quaternary nitrogens is 1. The third-order valence-electron chi connectivity index (χ3n) is 4.50. The van der Waals surface area contributed by atoms with E-state index in [9.17, 15) is 14.4 Å². The fraction of sp³-hybridized carbons (Fsp3) is 1.00. The lowest BCUT2D eigenvalue weighted by molar-refractivity contribution is -0.873. The molecule has 0 bridgehead atoms. The Bertz CT molecular complexity index is 393. The van der Waals surface area contributed by atoms with Crippen LogP contribution in [0.15, 0.2) is 0 Å². The van der Waals surface area contributed by atoms with Gasteiger partial charge in [0.05, 0.1) is 21.1 Å². The molecule has 22 heavy (non-hydrogen) atoms. The molecule has 5 atom stereocenters. The maximum atomic E-state index is 11.4. The number of nitrogens with zero attached hydrogens (tertiary/aromatic N) is 1. The summed E-state index contributed by atoms with van der Waals surface area (Å²) in [6.07, 6.45) is 3.67. The molecule has 1 rings (SSSR count). The second kappa shape index (κ2) is 7.96. The Kier molecular flexibility index (Phi) is 7.38. The van der Waals surface area contributed by atoms with Gasteiger partial charge in [-0.15, -0.1) is 11.6 Å². The van der Waals surface area contributed by atoms with Gasteiger partial charge in [0.25, 0.3) is 0 Å². The van der Waals surface area contributed by atoms with Gasteiger partial charge in [0.1, 0.15) is 12.6 Å². The van der Waals surface area contributed by atoms with E-state index < -0.39 is 13.9 Å². The summed E-state index contributed by atoms with van der Waals surface area (Å²) in [5, 5.41) is 0.138. The third kappa shape index (κ3) is 7.76. The van der Waals surface area contributed by atoms with Crippen LogP contribution >= 0.6 is 19.4 Å². The van der Waals surface area contributed by atoms with E-state index in [1.807, 2.05) is 28.1 Å². The molecular formula is C15H32ClNO4P+. The van der Waals surface area contributed by atoms with Crippen LogP contribution in [0.3, 0.4) is 0 Å². The van der Waals surface area contributed by atoms with E-state index in [-0.39, 0.29) is 11.3 Å². The molecule has 1 aliphatic carbocycles. The molecule has 0 aliphatic heterocycles. The molecule has 0 aromatic rings. The summed E-state index contributed by atoms with van der Waals surface area (Å²) in [5.41, 5.74) is 0. The maximum Gasteiger partial charge on any atom is 0.470 e. The first-order valence-electron chi connectivity index (χ1n) is 8.06. The predicted octanol–water partition coefficient (Wildman–Crippen LogP) is 3.24. The van der Waals surface area contributed by atoms with Gasteiger partial charge in [-0.05, 0) is 37.5 Å². The van der Waals surface area contributed by atoms with Crippen molar-refractivity contribution in [3.05, 3.63) is 0 Å². The van der Waals surface area contributed by atoms with Crippen molar-refractivity contribution in [1.82, 2.24) is 0 Å². The van der Waals surface area contributed by atoms with Crippen molar-refractivity contribution in [1.29, 1.82) is 0 Å². The standard InChI is InChI=1S/C15H31ClNO4P/c1-11-6-7-13(8-12(2)16)9-14(11)15(10-17(3,4)5)21-22(18,19)20/h11-15H,6-10H2,1-5H3,(H-,18,19,20)/p+1. The molecule has 2 N–H and O–H groups in total. The van der Waals surface area contributed by atoms with Gasteiger partial charge < -0.3 is 14.3 Å². The Morgan fingerprint density at radius 2 is 1.91 bits per heavy atom. The van der Waals surface area contributed by atoms with Crippen LogP contribution in [-0.2, 0) is 9.09 Å². The molecular weight excluding hydrogens is 325 g/mol. The number of halogens is 1. The average molecular weight is 357 g/mol. The first-order valence-corrected chi connectivity index (χ1v) is 10.0. The zero-order valence-electron chi connectivity index (χ0n) is 14.4. The van der Waals surface area contributed by atoms with Gasteiger partial charge in [-0.2, -0.15) is 0 Å². The van der Waals surface area contributed by atoms with Crippen LogP contribution in [0.25, 0.3) is 0 Å². The zero-order valence-corrected chi connectivity index (χ0v) is 16.1. The molecule has 0 heterocycles. The van der Waals surface area contributed by atoms with E-state index in [4.69, 9.17) is 16.1 Å². The average Bonchev–Trinajstić information content (AvgIpc) is 2.26. The van der Waals surface area contributed by atoms with E-state index in [2.05, 4.69) is 6.92 Å². The van der Waals surface area contributed by atoms with Crippen molar-refractivity contribution < 1.29 is 23.4 Å².